The number of ether oxygens (including phenoxy) is 1. The molecule has 0 saturated carbocycles. The molecule has 0 spiro atoms. The topological polar surface area (TPSA) is 63.4 Å². The van der Waals surface area contributed by atoms with Gasteiger partial charge in [0.2, 0.25) is 5.89 Å². The normalized spacial score (nSPS) is 18.9. The van der Waals surface area contributed by atoms with Gasteiger partial charge in [0.25, 0.3) is 5.22 Å². The van der Waals surface area contributed by atoms with Crippen LogP contribution in [0.1, 0.15) is 22.9 Å². The first-order valence-electron chi connectivity index (χ1n) is 9.69. The van der Waals surface area contributed by atoms with Gasteiger partial charge in [-0.05, 0) is 54.8 Å². The van der Waals surface area contributed by atoms with Gasteiger partial charge < -0.3 is 14.1 Å². The van der Waals surface area contributed by atoms with Gasteiger partial charge in [-0.25, -0.2) is 0 Å². The molecule has 7 heteroatoms. The zero-order valence-electron chi connectivity index (χ0n) is 17.2. The third kappa shape index (κ3) is 4.63. The predicted octanol–water partition coefficient (Wildman–Crippen LogP) is 4.20. The molecule has 1 aliphatic heterocycles. The summed E-state index contributed by atoms with van der Waals surface area (Å²) in [6, 6.07) is 14.6. The van der Waals surface area contributed by atoms with E-state index < -0.39 is 0 Å². The van der Waals surface area contributed by atoms with Crippen LogP contribution in [0.3, 0.4) is 0 Å². The lowest BCUT2D eigenvalue weighted by atomic mass is 10.1. The van der Waals surface area contributed by atoms with Crippen molar-refractivity contribution in [3.05, 3.63) is 59.2 Å². The molecule has 6 nitrogen and oxygen atoms in total. The fraction of sp³-hybridized carbons (Fsp3) is 0.364. The molecular formula is C22H26N4O2S. The van der Waals surface area contributed by atoms with Crippen molar-refractivity contribution in [3.63, 3.8) is 0 Å². The smallest absolute Gasteiger partial charge is 0.276 e. The van der Waals surface area contributed by atoms with E-state index in [2.05, 4.69) is 70.7 Å². The second-order valence-electron chi connectivity index (χ2n) is 7.52. The third-order valence-corrected chi connectivity index (χ3v) is 6.08. The van der Waals surface area contributed by atoms with Crippen LogP contribution < -0.4 is 10.2 Å². The first-order chi connectivity index (χ1) is 14.0. The average Bonchev–Trinajstić information content (AvgIpc) is 3.38. The van der Waals surface area contributed by atoms with Crippen molar-refractivity contribution in [1.29, 1.82) is 0 Å². The van der Waals surface area contributed by atoms with Crippen LogP contribution in [-0.2, 0) is 4.74 Å². The van der Waals surface area contributed by atoms with Gasteiger partial charge in [-0.15, -0.1) is 10.2 Å². The van der Waals surface area contributed by atoms with E-state index in [1.54, 1.807) is 0 Å². The number of hydrogen-bond acceptors (Lipinski definition) is 7. The average molecular weight is 411 g/mol. The minimum absolute atomic E-state index is 0.0782. The molecule has 4 rings (SSSR count). The molecule has 0 aliphatic carbocycles. The highest BCUT2D eigenvalue weighted by Crippen LogP contribution is 2.29. The van der Waals surface area contributed by atoms with Crippen molar-refractivity contribution in [2.45, 2.75) is 31.4 Å². The summed E-state index contributed by atoms with van der Waals surface area (Å²) in [6.45, 7) is 4.97. The van der Waals surface area contributed by atoms with E-state index in [1.165, 1.54) is 28.6 Å². The molecule has 1 aliphatic rings. The summed E-state index contributed by atoms with van der Waals surface area (Å²) in [5, 5.41) is 12.4. The fourth-order valence-corrected chi connectivity index (χ4v) is 3.95. The molecule has 0 radical (unpaired) electrons. The molecule has 2 atom stereocenters. The van der Waals surface area contributed by atoms with E-state index >= 15 is 0 Å². The van der Waals surface area contributed by atoms with Crippen molar-refractivity contribution in [3.8, 4) is 11.5 Å². The van der Waals surface area contributed by atoms with Gasteiger partial charge in [0.1, 0.15) is 6.23 Å². The van der Waals surface area contributed by atoms with Crippen LogP contribution in [-0.4, -0.2) is 42.7 Å². The fourth-order valence-electron chi connectivity index (χ4n) is 3.19. The Morgan fingerprint density at radius 1 is 1.07 bits per heavy atom. The largest absolute Gasteiger partial charge is 0.411 e. The number of aryl methyl sites for hydroxylation is 2. The van der Waals surface area contributed by atoms with Crippen LogP contribution in [0.5, 0.6) is 0 Å². The van der Waals surface area contributed by atoms with Gasteiger partial charge in [0.15, 0.2) is 0 Å². The van der Waals surface area contributed by atoms with Crippen LogP contribution in [0.2, 0.25) is 0 Å². The van der Waals surface area contributed by atoms with Crippen LogP contribution in [0.4, 0.5) is 5.69 Å². The number of rotatable bonds is 6. The van der Waals surface area contributed by atoms with Crippen LogP contribution >= 0.6 is 11.8 Å². The van der Waals surface area contributed by atoms with Gasteiger partial charge in [0.05, 0.1) is 6.10 Å². The second kappa shape index (κ2) is 8.57. The Balaban J connectivity index is 1.32. The Bertz CT molecular complexity index is 971. The summed E-state index contributed by atoms with van der Waals surface area (Å²) in [5.74, 6) is 1.31. The van der Waals surface area contributed by atoms with Gasteiger partial charge in [-0.1, -0.05) is 30.0 Å². The monoisotopic (exact) mass is 410 g/mol. The van der Waals surface area contributed by atoms with Gasteiger partial charge >= 0.3 is 0 Å². The van der Waals surface area contributed by atoms with E-state index in [9.17, 15) is 0 Å². The molecule has 2 aromatic carbocycles. The maximum atomic E-state index is 6.15. The second-order valence-corrected chi connectivity index (χ2v) is 8.49. The lowest BCUT2D eigenvalue weighted by Crippen LogP contribution is -2.16. The number of benzene rings is 2. The third-order valence-electron chi connectivity index (χ3n) is 5.12. The van der Waals surface area contributed by atoms with Crippen molar-refractivity contribution >= 4 is 17.4 Å². The zero-order chi connectivity index (χ0) is 20.4. The summed E-state index contributed by atoms with van der Waals surface area (Å²) in [5.41, 5.74) is 5.73. The van der Waals surface area contributed by atoms with E-state index in [-0.39, 0.29) is 12.3 Å². The first-order valence-corrected chi connectivity index (χ1v) is 10.7. The minimum Gasteiger partial charge on any atom is -0.411 e. The van der Waals surface area contributed by atoms with Crippen molar-refractivity contribution in [2.24, 2.45) is 0 Å². The van der Waals surface area contributed by atoms with Crippen LogP contribution in [0.25, 0.3) is 11.5 Å². The maximum Gasteiger partial charge on any atom is 0.276 e. The Labute approximate surface area is 175 Å². The molecule has 1 saturated heterocycles. The summed E-state index contributed by atoms with van der Waals surface area (Å²) in [7, 11) is 4.07. The van der Waals surface area contributed by atoms with Gasteiger partial charge in [-0.3, -0.25) is 5.32 Å². The Morgan fingerprint density at radius 2 is 1.86 bits per heavy atom. The SMILES string of the molecule is Cc1ccc(-c2nnc(SC[C@H]3CN[C@@H](c4ccc(N(C)C)cc4)O3)o2)cc1C. The highest BCUT2D eigenvalue weighted by Gasteiger charge is 2.26. The summed E-state index contributed by atoms with van der Waals surface area (Å²) >= 11 is 1.53. The van der Waals surface area contributed by atoms with E-state index in [1.807, 2.05) is 20.2 Å². The Kier molecular flexibility index (Phi) is 5.89. The highest BCUT2D eigenvalue weighted by atomic mass is 32.2. The standard InChI is InChI=1S/C22H26N4O2S/c1-14-5-6-17(11-15(14)2)21-24-25-22(28-21)29-13-19-12-23-20(27-19)16-7-9-18(10-8-16)26(3)4/h5-11,19-20,23H,12-13H2,1-4H3/t19-,20-/m1/s1. The molecule has 0 bridgehead atoms. The minimum atomic E-state index is -0.0782. The highest BCUT2D eigenvalue weighted by molar-refractivity contribution is 7.99. The summed E-state index contributed by atoms with van der Waals surface area (Å²) in [6.07, 6.45) is 0.0149. The number of anilines is 1. The molecule has 0 amide bonds. The van der Waals surface area contributed by atoms with Gasteiger partial charge in [-0.2, -0.15) is 0 Å². The summed E-state index contributed by atoms with van der Waals surface area (Å²) in [4.78, 5) is 2.09. The number of hydrogen-bond donors (Lipinski definition) is 1. The lowest BCUT2D eigenvalue weighted by Gasteiger charge is -2.16. The number of nitrogens with zero attached hydrogens (tertiary/aromatic N) is 3. The van der Waals surface area contributed by atoms with E-state index in [4.69, 9.17) is 9.15 Å². The number of nitrogens with one attached hydrogen (secondary N) is 1. The van der Waals surface area contributed by atoms with Crippen LogP contribution in [0.15, 0.2) is 52.1 Å². The number of aromatic nitrogens is 2. The Hall–Kier alpha value is -2.35. The van der Waals surface area contributed by atoms with E-state index in [0.717, 1.165) is 23.4 Å². The molecular weight excluding hydrogens is 384 g/mol. The lowest BCUT2D eigenvalue weighted by molar-refractivity contribution is 0.0534. The van der Waals surface area contributed by atoms with Gasteiger partial charge in [0, 0.05) is 37.6 Å². The van der Waals surface area contributed by atoms with E-state index in [0.29, 0.717) is 11.1 Å². The molecule has 1 fully saturated rings. The predicted molar refractivity (Wildman–Crippen MR) is 116 cm³/mol. The maximum absolute atomic E-state index is 6.15. The number of thioether (sulfide) groups is 1. The molecule has 0 unspecified atom stereocenters. The molecule has 1 aromatic heterocycles. The van der Waals surface area contributed by atoms with Crippen molar-refractivity contribution in [2.75, 3.05) is 31.3 Å². The zero-order valence-corrected chi connectivity index (χ0v) is 18.0. The molecule has 3 aromatic rings. The van der Waals surface area contributed by atoms with Crippen molar-refractivity contribution in [1.82, 2.24) is 15.5 Å². The quantitative estimate of drug-likeness (QED) is 0.611. The Morgan fingerprint density at radius 3 is 2.59 bits per heavy atom. The molecule has 29 heavy (non-hydrogen) atoms. The first kappa shape index (κ1) is 19.9. The summed E-state index contributed by atoms with van der Waals surface area (Å²) < 4.78 is 12.0. The van der Waals surface area contributed by atoms with Crippen LogP contribution in [0, 0.1) is 13.8 Å². The molecule has 1 N–H and O–H groups in total. The van der Waals surface area contributed by atoms with Crippen molar-refractivity contribution < 1.29 is 9.15 Å². The molecule has 2 heterocycles. The molecule has 152 valence electrons.